The maximum Gasteiger partial charge on any atom is 0.0424 e. The first-order valence-electron chi connectivity index (χ1n) is 4.72. The van der Waals surface area contributed by atoms with E-state index in [1.165, 1.54) is 26.8 Å². The molecule has 0 nitrogen and oxygen atoms in total. The van der Waals surface area contributed by atoms with E-state index >= 15 is 0 Å². The largest absolute Gasteiger partial charge is 0.143 e. The second kappa shape index (κ2) is 2.82. The van der Waals surface area contributed by atoms with Gasteiger partial charge in [-0.25, -0.2) is 0 Å². The number of fused-ring (bicyclic) bond motifs is 3. The molecule has 0 atom stereocenters. The Bertz CT molecular complexity index is 563. The van der Waals surface area contributed by atoms with Crippen molar-refractivity contribution in [2.24, 2.45) is 0 Å². The van der Waals surface area contributed by atoms with Crippen molar-refractivity contribution in [1.82, 2.24) is 0 Å². The van der Waals surface area contributed by atoms with Crippen LogP contribution in [0.4, 0.5) is 0 Å². The van der Waals surface area contributed by atoms with Crippen molar-refractivity contribution in [1.29, 1.82) is 0 Å². The van der Waals surface area contributed by atoms with Gasteiger partial charge in [-0.3, -0.25) is 0 Å². The molecule has 2 aliphatic carbocycles. The molecule has 0 N–H and O–H groups in total. The Balaban J connectivity index is 2.57. The van der Waals surface area contributed by atoms with Crippen LogP contribution in [0.1, 0.15) is 5.56 Å². The molecular weight excluding hydrogens is 188 g/mol. The van der Waals surface area contributed by atoms with Gasteiger partial charge in [0, 0.05) is 10.3 Å². The molecule has 0 aromatic carbocycles. The zero-order valence-electron chi connectivity index (χ0n) is 7.95. The summed E-state index contributed by atoms with van der Waals surface area (Å²) in [5.41, 5.74) is 4.14. The quantitative estimate of drug-likeness (QED) is 0.505. The van der Waals surface area contributed by atoms with Gasteiger partial charge in [-0.05, 0) is 40.9 Å². The Kier molecular flexibility index (Phi) is 1.62. The molecule has 1 aromatic rings. The third-order valence-corrected chi connectivity index (χ3v) is 3.60. The molecule has 0 fully saturated rings. The highest BCUT2D eigenvalue weighted by Crippen LogP contribution is 2.38. The Labute approximate surface area is 87.2 Å². The van der Waals surface area contributed by atoms with Gasteiger partial charge in [0.2, 0.25) is 0 Å². The van der Waals surface area contributed by atoms with Crippen LogP contribution < -0.4 is 0 Å². The van der Waals surface area contributed by atoms with Gasteiger partial charge in [0.1, 0.15) is 0 Å². The average molecular weight is 198 g/mol. The van der Waals surface area contributed by atoms with Crippen LogP contribution in [0, 0.1) is 6.92 Å². The van der Waals surface area contributed by atoms with Crippen molar-refractivity contribution in [3.05, 3.63) is 47.3 Å². The van der Waals surface area contributed by atoms with Crippen molar-refractivity contribution < 1.29 is 0 Å². The lowest BCUT2D eigenvalue weighted by molar-refractivity contribution is 1.53. The monoisotopic (exact) mass is 198 g/mol. The molecule has 0 amide bonds. The van der Waals surface area contributed by atoms with Crippen LogP contribution in [-0.4, -0.2) is 0 Å². The molecule has 0 spiro atoms. The first-order valence-corrected chi connectivity index (χ1v) is 5.60. The fraction of sp³-hybridized carbons (Fsp3) is 0.0769. The zero-order chi connectivity index (χ0) is 9.54. The molecule has 0 unspecified atom stereocenters. The van der Waals surface area contributed by atoms with Crippen LogP contribution in [0.2, 0.25) is 0 Å². The number of aryl methyl sites for hydroxylation is 1. The molecule has 1 heteroatoms. The molecule has 1 heterocycles. The van der Waals surface area contributed by atoms with Crippen molar-refractivity contribution in [3.63, 3.8) is 0 Å². The minimum Gasteiger partial charge on any atom is -0.143 e. The Hall–Kier alpha value is -1.34. The highest BCUT2D eigenvalue weighted by Gasteiger charge is 2.11. The van der Waals surface area contributed by atoms with Crippen LogP contribution >= 0.6 is 11.3 Å². The molecule has 2 aliphatic rings. The van der Waals surface area contributed by atoms with E-state index in [4.69, 9.17) is 0 Å². The van der Waals surface area contributed by atoms with Crippen molar-refractivity contribution in [2.45, 2.75) is 6.92 Å². The Morgan fingerprint density at radius 2 is 1.93 bits per heavy atom. The second-order valence-corrected chi connectivity index (χ2v) is 4.50. The minimum absolute atomic E-state index is 1.36. The predicted molar refractivity (Wildman–Crippen MR) is 63.2 cm³/mol. The molecule has 68 valence electrons. The number of hydrogen-bond acceptors (Lipinski definition) is 1. The van der Waals surface area contributed by atoms with Gasteiger partial charge in [0.05, 0.1) is 0 Å². The van der Waals surface area contributed by atoms with Gasteiger partial charge < -0.3 is 0 Å². The third-order valence-electron chi connectivity index (χ3n) is 2.65. The molecule has 14 heavy (non-hydrogen) atoms. The van der Waals surface area contributed by atoms with Gasteiger partial charge in [-0.1, -0.05) is 24.3 Å². The third kappa shape index (κ3) is 0.992. The summed E-state index contributed by atoms with van der Waals surface area (Å²) in [7, 11) is 0. The van der Waals surface area contributed by atoms with Crippen molar-refractivity contribution in [2.75, 3.05) is 0 Å². The van der Waals surface area contributed by atoms with Crippen molar-refractivity contribution >= 4 is 21.4 Å². The van der Waals surface area contributed by atoms with E-state index in [1.807, 2.05) is 11.3 Å². The van der Waals surface area contributed by atoms with Gasteiger partial charge in [0.15, 0.2) is 0 Å². The van der Waals surface area contributed by atoms with Crippen LogP contribution in [0.3, 0.4) is 0 Å². The first-order chi connectivity index (χ1) is 6.86. The molecule has 0 bridgehead atoms. The smallest absolute Gasteiger partial charge is 0.0424 e. The highest BCUT2D eigenvalue weighted by atomic mass is 32.1. The molecule has 0 radical (unpaired) electrons. The maximum atomic E-state index is 2.27. The van der Waals surface area contributed by atoms with E-state index in [1.54, 1.807) is 0 Å². The first kappa shape index (κ1) is 8.01. The Morgan fingerprint density at radius 3 is 2.86 bits per heavy atom. The molecule has 3 rings (SSSR count). The number of hydrogen-bond donors (Lipinski definition) is 0. The van der Waals surface area contributed by atoms with Crippen LogP contribution in [0.5, 0.6) is 0 Å². The Morgan fingerprint density at radius 1 is 1.07 bits per heavy atom. The van der Waals surface area contributed by atoms with Gasteiger partial charge in [-0.15, -0.1) is 11.3 Å². The summed E-state index contributed by atoms with van der Waals surface area (Å²) in [6.07, 6.45) is 0. The van der Waals surface area contributed by atoms with Gasteiger partial charge in [-0.2, -0.15) is 0 Å². The summed E-state index contributed by atoms with van der Waals surface area (Å²) < 4.78 is 1.42. The van der Waals surface area contributed by atoms with Crippen LogP contribution in [0.25, 0.3) is 21.2 Å². The maximum absolute atomic E-state index is 2.27. The van der Waals surface area contributed by atoms with Gasteiger partial charge >= 0.3 is 0 Å². The van der Waals surface area contributed by atoms with E-state index in [0.717, 1.165) is 0 Å². The average Bonchev–Trinajstić information content (AvgIpc) is 2.66. The number of rotatable bonds is 0. The summed E-state index contributed by atoms with van der Waals surface area (Å²) in [5, 5.41) is 3.54. The normalized spacial score (nSPS) is 11.2. The summed E-state index contributed by atoms with van der Waals surface area (Å²) in [5.74, 6) is 0. The van der Waals surface area contributed by atoms with Crippen LogP contribution in [-0.2, 0) is 0 Å². The standard InChI is InChI=1S/C13H10S/c1-9-4-2-3-5-10-8-11-6-7-14-13(11)12(9)10/h2-8H,1H3. The summed E-state index contributed by atoms with van der Waals surface area (Å²) in [6, 6.07) is 13.1. The SMILES string of the molecule is Cc1ccccc2cc3ccsc3c1-2. The van der Waals surface area contributed by atoms with E-state index in [2.05, 4.69) is 48.7 Å². The summed E-state index contributed by atoms with van der Waals surface area (Å²) in [6.45, 7) is 2.18. The topological polar surface area (TPSA) is 0 Å². The summed E-state index contributed by atoms with van der Waals surface area (Å²) >= 11 is 1.83. The minimum atomic E-state index is 1.36. The molecular formula is C13H10S. The molecule has 1 aromatic heterocycles. The number of thiophene rings is 1. The fourth-order valence-electron chi connectivity index (χ4n) is 1.99. The zero-order valence-corrected chi connectivity index (χ0v) is 8.77. The lowest BCUT2D eigenvalue weighted by Crippen LogP contribution is -1.71. The molecule has 0 saturated heterocycles. The van der Waals surface area contributed by atoms with Gasteiger partial charge in [0.25, 0.3) is 0 Å². The van der Waals surface area contributed by atoms with Crippen molar-refractivity contribution in [3.8, 4) is 11.1 Å². The summed E-state index contributed by atoms with van der Waals surface area (Å²) in [4.78, 5) is 0. The van der Waals surface area contributed by atoms with E-state index in [0.29, 0.717) is 0 Å². The second-order valence-electron chi connectivity index (χ2n) is 3.58. The van der Waals surface area contributed by atoms with E-state index in [-0.39, 0.29) is 0 Å². The molecule has 0 saturated carbocycles. The lowest BCUT2D eigenvalue weighted by atomic mass is 10.1. The van der Waals surface area contributed by atoms with E-state index in [9.17, 15) is 0 Å². The fourth-order valence-corrected chi connectivity index (χ4v) is 3.00. The molecule has 0 aliphatic heterocycles. The van der Waals surface area contributed by atoms with E-state index < -0.39 is 0 Å². The highest BCUT2D eigenvalue weighted by molar-refractivity contribution is 7.17. The van der Waals surface area contributed by atoms with Crippen LogP contribution in [0.15, 0.2) is 41.8 Å². The predicted octanol–water partition coefficient (Wildman–Crippen LogP) is 4.31. The lowest BCUT2D eigenvalue weighted by Gasteiger charge is -1.96.